The Bertz CT molecular complexity index is 492. The first-order valence-corrected chi connectivity index (χ1v) is 7.07. The molecule has 2 amide bonds. The molecule has 0 bridgehead atoms. The summed E-state index contributed by atoms with van der Waals surface area (Å²) in [6.07, 6.45) is 1.91. The molecule has 1 heterocycles. The number of nitrogens with one attached hydrogen (secondary N) is 2. The van der Waals surface area contributed by atoms with Crippen molar-refractivity contribution >= 4 is 28.2 Å². The molecule has 1 aliphatic rings. The molecule has 0 radical (unpaired) electrons. The second-order valence-electron chi connectivity index (χ2n) is 5.42. The molecular formula is C13H18N2O3S. The number of thiophene rings is 1. The zero-order valence-electron chi connectivity index (χ0n) is 11.0. The fourth-order valence-electron chi connectivity index (χ4n) is 1.50. The Morgan fingerprint density at radius 2 is 2.11 bits per heavy atom. The van der Waals surface area contributed by atoms with Crippen LogP contribution in [0.25, 0.3) is 0 Å². The maximum absolute atomic E-state index is 11.9. The van der Waals surface area contributed by atoms with Crippen LogP contribution in [0, 0.1) is 5.92 Å². The van der Waals surface area contributed by atoms with E-state index in [0.29, 0.717) is 9.88 Å². The summed E-state index contributed by atoms with van der Waals surface area (Å²) in [6.45, 7) is 3.36. The molecule has 0 spiro atoms. The van der Waals surface area contributed by atoms with Crippen molar-refractivity contribution < 1.29 is 14.7 Å². The smallest absolute Gasteiger partial charge is 0.261 e. The van der Waals surface area contributed by atoms with Gasteiger partial charge in [0, 0.05) is 5.92 Å². The molecule has 0 aliphatic heterocycles. The first-order valence-electron chi connectivity index (χ1n) is 6.25. The summed E-state index contributed by atoms with van der Waals surface area (Å²) in [7, 11) is 0. The number of amides is 2. The standard InChI is InChI=1S/C13H18N2O3S/c1-13(2,7-16)15-12(18)9-5-6-10(19-9)14-11(17)8-3-4-8/h5-6,8,16H,3-4,7H2,1-2H3,(H,14,17)(H,15,18). The molecule has 104 valence electrons. The van der Waals surface area contributed by atoms with Gasteiger partial charge in [0.25, 0.3) is 5.91 Å². The first-order chi connectivity index (χ1) is 8.91. The van der Waals surface area contributed by atoms with Gasteiger partial charge in [-0.1, -0.05) is 0 Å². The van der Waals surface area contributed by atoms with Crippen molar-refractivity contribution in [3.05, 3.63) is 17.0 Å². The molecule has 0 atom stereocenters. The van der Waals surface area contributed by atoms with Gasteiger partial charge in [0.05, 0.1) is 22.0 Å². The van der Waals surface area contributed by atoms with Gasteiger partial charge in [-0.2, -0.15) is 0 Å². The molecule has 1 saturated carbocycles. The van der Waals surface area contributed by atoms with E-state index in [4.69, 9.17) is 5.11 Å². The summed E-state index contributed by atoms with van der Waals surface area (Å²) < 4.78 is 0. The summed E-state index contributed by atoms with van der Waals surface area (Å²) in [5.74, 6) is -0.0619. The van der Waals surface area contributed by atoms with E-state index in [0.717, 1.165) is 12.8 Å². The van der Waals surface area contributed by atoms with E-state index in [1.165, 1.54) is 11.3 Å². The zero-order chi connectivity index (χ0) is 14.0. The first kappa shape index (κ1) is 14.0. The second-order valence-corrected chi connectivity index (χ2v) is 6.51. The van der Waals surface area contributed by atoms with Crippen molar-refractivity contribution in [2.24, 2.45) is 5.92 Å². The minimum absolute atomic E-state index is 0.0319. The van der Waals surface area contributed by atoms with Crippen LogP contribution in [0.2, 0.25) is 0 Å². The topological polar surface area (TPSA) is 78.4 Å². The van der Waals surface area contributed by atoms with Crippen molar-refractivity contribution in [2.45, 2.75) is 32.2 Å². The largest absolute Gasteiger partial charge is 0.394 e. The summed E-state index contributed by atoms with van der Waals surface area (Å²) in [6, 6.07) is 3.40. The van der Waals surface area contributed by atoms with Gasteiger partial charge in [-0.15, -0.1) is 11.3 Å². The van der Waals surface area contributed by atoms with E-state index in [1.807, 2.05) is 0 Å². The Morgan fingerprint density at radius 3 is 2.68 bits per heavy atom. The summed E-state index contributed by atoms with van der Waals surface area (Å²) in [5.41, 5.74) is -0.654. The quantitative estimate of drug-likeness (QED) is 0.767. The summed E-state index contributed by atoms with van der Waals surface area (Å²) >= 11 is 1.24. The van der Waals surface area contributed by atoms with Gasteiger partial charge < -0.3 is 15.7 Å². The molecule has 1 aromatic rings. The summed E-state index contributed by atoms with van der Waals surface area (Å²) in [4.78, 5) is 24.1. The summed E-state index contributed by atoms with van der Waals surface area (Å²) in [5, 5.41) is 15.3. The predicted molar refractivity (Wildman–Crippen MR) is 74.3 cm³/mol. The number of carbonyl (C=O) groups is 2. The highest BCUT2D eigenvalue weighted by Crippen LogP contribution is 2.31. The van der Waals surface area contributed by atoms with Crippen molar-refractivity contribution in [3.8, 4) is 0 Å². The van der Waals surface area contributed by atoms with Gasteiger partial charge in [0.2, 0.25) is 5.91 Å². The zero-order valence-corrected chi connectivity index (χ0v) is 11.8. The molecule has 3 N–H and O–H groups in total. The molecule has 0 saturated heterocycles. The molecule has 19 heavy (non-hydrogen) atoms. The van der Waals surface area contributed by atoms with E-state index < -0.39 is 5.54 Å². The van der Waals surface area contributed by atoms with Gasteiger partial charge in [-0.25, -0.2) is 0 Å². The number of anilines is 1. The third kappa shape index (κ3) is 3.78. The van der Waals surface area contributed by atoms with E-state index in [9.17, 15) is 9.59 Å². The highest BCUT2D eigenvalue weighted by Gasteiger charge is 2.30. The Kier molecular flexibility index (Phi) is 3.91. The lowest BCUT2D eigenvalue weighted by Gasteiger charge is -2.22. The lowest BCUT2D eigenvalue weighted by molar-refractivity contribution is -0.117. The van der Waals surface area contributed by atoms with Crippen LogP contribution in [0.15, 0.2) is 12.1 Å². The lowest BCUT2D eigenvalue weighted by atomic mass is 10.1. The highest BCUT2D eigenvalue weighted by atomic mass is 32.1. The molecule has 1 aromatic heterocycles. The average molecular weight is 282 g/mol. The van der Waals surface area contributed by atoms with E-state index in [1.54, 1.807) is 26.0 Å². The SMILES string of the molecule is CC(C)(CO)NC(=O)c1ccc(NC(=O)C2CC2)s1. The molecule has 1 aliphatic carbocycles. The van der Waals surface area contributed by atoms with Crippen LogP contribution in [0.3, 0.4) is 0 Å². The third-order valence-electron chi connectivity index (χ3n) is 2.87. The number of carbonyl (C=O) groups excluding carboxylic acids is 2. The maximum atomic E-state index is 11.9. The normalized spacial score (nSPS) is 15.1. The molecular weight excluding hydrogens is 264 g/mol. The number of rotatable bonds is 5. The maximum Gasteiger partial charge on any atom is 0.261 e. The Morgan fingerprint density at radius 1 is 1.42 bits per heavy atom. The number of hydrogen-bond donors (Lipinski definition) is 3. The van der Waals surface area contributed by atoms with Crippen LogP contribution < -0.4 is 10.6 Å². The average Bonchev–Trinajstić information content (AvgIpc) is 3.10. The molecule has 2 rings (SSSR count). The molecule has 6 heteroatoms. The minimum atomic E-state index is -0.654. The highest BCUT2D eigenvalue weighted by molar-refractivity contribution is 7.18. The Balaban J connectivity index is 1.96. The van der Waals surface area contributed by atoms with Crippen molar-refractivity contribution in [3.63, 3.8) is 0 Å². The van der Waals surface area contributed by atoms with Crippen molar-refractivity contribution in [1.29, 1.82) is 0 Å². The third-order valence-corrected chi connectivity index (χ3v) is 3.87. The molecule has 0 unspecified atom stereocenters. The van der Waals surface area contributed by atoms with E-state index >= 15 is 0 Å². The van der Waals surface area contributed by atoms with Crippen LogP contribution in [0.4, 0.5) is 5.00 Å². The second kappa shape index (κ2) is 5.30. The van der Waals surface area contributed by atoms with Crippen molar-refractivity contribution in [2.75, 3.05) is 11.9 Å². The van der Waals surface area contributed by atoms with E-state index in [2.05, 4.69) is 10.6 Å². The van der Waals surface area contributed by atoms with Gasteiger partial charge in [0.1, 0.15) is 0 Å². The fraction of sp³-hybridized carbons (Fsp3) is 0.538. The van der Waals surface area contributed by atoms with Crippen LogP contribution in [-0.4, -0.2) is 29.1 Å². The number of hydrogen-bond acceptors (Lipinski definition) is 4. The van der Waals surface area contributed by atoms with Crippen LogP contribution in [-0.2, 0) is 4.79 Å². The number of aliphatic hydroxyl groups excluding tert-OH is 1. The monoisotopic (exact) mass is 282 g/mol. The molecule has 0 aromatic carbocycles. The number of aliphatic hydroxyl groups is 1. The molecule has 5 nitrogen and oxygen atoms in total. The Hall–Kier alpha value is -1.40. The van der Waals surface area contributed by atoms with Crippen LogP contribution in [0.1, 0.15) is 36.4 Å². The van der Waals surface area contributed by atoms with Gasteiger partial charge in [0.15, 0.2) is 0 Å². The molecule has 1 fully saturated rings. The van der Waals surface area contributed by atoms with Gasteiger partial charge in [-0.3, -0.25) is 9.59 Å². The fourth-order valence-corrected chi connectivity index (χ4v) is 2.31. The van der Waals surface area contributed by atoms with E-state index in [-0.39, 0.29) is 24.3 Å². The lowest BCUT2D eigenvalue weighted by Crippen LogP contribution is -2.46. The van der Waals surface area contributed by atoms with Gasteiger partial charge in [-0.05, 0) is 38.8 Å². The van der Waals surface area contributed by atoms with Gasteiger partial charge >= 0.3 is 0 Å². The van der Waals surface area contributed by atoms with Crippen LogP contribution in [0.5, 0.6) is 0 Å². The Labute approximate surface area is 116 Å². The minimum Gasteiger partial charge on any atom is -0.394 e. The van der Waals surface area contributed by atoms with Crippen molar-refractivity contribution in [1.82, 2.24) is 5.32 Å². The van der Waals surface area contributed by atoms with Crippen LogP contribution >= 0.6 is 11.3 Å². The predicted octanol–water partition coefficient (Wildman–Crippen LogP) is 1.60.